The van der Waals surface area contributed by atoms with Crippen LogP contribution in [0.5, 0.6) is 0 Å². The summed E-state index contributed by atoms with van der Waals surface area (Å²) >= 11 is 0. The SMILES string of the molecule is CCC(=O)C=C(C)C. The zero-order valence-electron chi connectivity index (χ0n) is 5.69. The van der Waals surface area contributed by atoms with Gasteiger partial charge in [0.1, 0.15) is 0 Å². The van der Waals surface area contributed by atoms with E-state index < -0.39 is 0 Å². The van der Waals surface area contributed by atoms with Gasteiger partial charge >= 0.3 is 0 Å². The predicted octanol–water partition coefficient (Wildman–Crippen LogP) is 1.93. The number of carbonyl (C=O) groups is 1. The van der Waals surface area contributed by atoms with Crippen LogP contribution in [0.15, 0.2) is 11.6 Å². The number of carbonyl (C=O) groups excluding carboxylic acids is 1. The fraction of sp³-hybridized carbons (Fsp3) is 0.571. The second-order valence-corrected chi connectivity index (χ2v) is 2.04. The Bertz CT molecular complexity index is 108. The smallest absolute Gasteiger partial charge is 0.155 e. The van der Waals surface area contributed by atoms with E-state index in [0.717, 1.165) is 5.57 Å². The molecule has 1 heteroatoms. The molecular formula is C7H12O. The molecule has 0 N–H and O–H groups in total. The molecule has 0 radical (unpaired) electrons. The number of allylic oxidation sites excluding steroid dienone is 2. The molecule has 46 valence electrons. The molecule has 0 rings (SSSR count). The number of rotatable bonds is 2. The van der Waals surface area contributed by atoms with Gasteiger partial charge in [-0.05, 0) is 19.9 Å². The summed E-state index contributed by atoms with van der Waals surface area (Å²) in [5.41, 5.74) is 1.08. The summed E-state index contributed by atoms with van der Waals surface area (Å²) in [5, 5.41) is 0. The largest absolute Gasteiger partial charge is 0.295 e. The van der Waals surface area contributed by atoms with E-state index in [9.17, 15) is 4.79 Å². The topological polar surface area (TPSA) is 17.1 Å². The lowest BCUT2D eigenvalue weighted by atomic mass is 10.2. The van der Waals surface area contributed by atoms with Crippen molar-refractivity contribution in [2.45, 2.75) is 27.2 Å². The van der Waals surface area contributed by atoms with Crippen LogP contribution in [-0.2, 0) is 4.79 Å². The second kappa shape index (κ2) is 3.42. The van der Waals surface area contributed by atoms with Crippen LogP contribution in [0.1, 0.15) is 27.2 Å². The third-order valence-corrected chi connectivity index (χ3v) is 0.798. The number of hydrogen-bond donors (Lipinski definition) is 0. The van der Waals surface area contributed by atoms with Crippen molar-refractivity contribution >= 4 is 5.78 Å². The molecule has 0 saturated carbocycles. The minimum absolute atomic E-state index is 0.213. The lowest BCUT2D eigenvalue weighted by molar-refractivity contribution is -0.114. The van der Waals surface area contributed by atoms with Crippen LogP contribution < -0.4 is 0 Å². The van der Waals surface area contributed by atoms with E-state index in [-0.39, 0.29) is 5.78 Å². The van der Waals surface area contributed by atoms with Gasteiger partial charge in [-0.2, -0.15) is 0 Å². The maximum Gasteiger partial charge on any atom is 0.155 e. The average Bonchev–Trinajstić information content (AvgIpc) is 1.65. The Kier molecular flexibility index (Phi) is 3.16. The number of hydrogen-bond acceptors (Lipinski definition) is 1. The van der Waals surface area contributed by atoms with Crippen molar-refractivity contribution in [3.63, 3.8) is 0 Å². The zero-order chi connectivity index (χ0) is 6.57. The summed E-state index contributed by atoms with van der Waals surface area (Å²) < 4.78 is 0. The molecule has 0 spiro atoms. The summed E-state index contributed by atoms with van der Waals surface area (Å²) in [5.74, 6) is 0.213. The molecule has 8 heavy (non-hydrogen) atoms. The van der Waals surface area contributed by atoms with E-state index in [1.54, 1.807) is 6.08 Å². The summed E-state index contributed by atoms with van der Waals surface area (Å²) in [6.07, 6.45) is 2.28. The van der Waals surface area contributed by atoms with Gasteiger partial charge in [0.2, 0.25) is 0 Å². The molecule has 0 unspecified atom stereocenters. The van der Waals surface area contributed by atoms with Gasteiger partial charge in [-0.25, -0.2) is 0 Å². The molecule has 0 amide bonds. The first kappa shape index (κ1) is 7.41. The van der Waals surface area contributed by atoms with Crippen molar-refractivity contribution in [1.82, 2.24) is 0 Å². The third-order valence-electron chi connectivity index (χ3n) is 0.798. The maximum atomic E-state index is 10.5. The van der Waals surface area contributed by atoms with Gasteiger partial charge in [0, 0.05) is 6.42 Å². The molecule has 0 saturated heterocycles. The molecular weight excluding hydrogens is 100 g/mol. The highest BCUT2D eigenvalue weighted by Crippen LogP contribution is 1.90. The van der Waals surface area contributed by atoms with Crippen LogP contribution in [0.3, 0.4) is 0 Å². The van der Waals surface area contributed by atoms with Crippen LogP contribution in [-0.4, -0.2) is 5.78 Å². The molecule has 0 heterocycles. The van der Waals surface area contributed by atoms with Crippen molar-refractivity contribution in [3.8, 4) is 0 Å². The molecule has 0 aromatic heterocycles. The van der Waals surface area contributed by atoms with Crippen molar-refractivity contribution in [3.05, 3.63) is 11.6 Å². The van der Waals surface area contributed by atoms with Gasteiger partial charge in [0.25, 0.3) is 0 Å². The first-order valence-corrected chi connectivity index (χ1v) is 2.84. The summed E-state index contributed by atoms with van der Waals surface area (Å²) in [6.45, 7) is 5.71. The summed E-state index contributed by atoms with van der Waals surface area (Å²) in [4.78, 5) is 10.5. The van der Waals surface area contributed by atoms with Crippen LogP contribution in [0, 0.1) is 0 Å². The first-order chi connectivity index (χ1) is 3.66. The van der Waals surface area contributed by atoms with E-state index in [1.807, 2.05) is 20.8 Å². The van der Waals surface area contributed by atoms with Gasteiger partial charge in [-0.1, -0.05) is 12.5 Å². The molecule has 0 aliphatic heterocycles. The Morgan fingerprint density at radius 2 is 2.00 bits per heavy atom. The van der Waals surface area contributed by atoms with Crippen molar-refractivity contribution in [2.75, 3.05) is 0 Å². The summed E-state index contributed by atoms with van der Waals surface area (Å²) in [6, 6.07) is 0. The molecule has 1 nitrogen and oxygen atoms in total. The molecule has 0 fully saturated rings. The standard InChI is InChI=1S/C7H12O/c1-4-7(8)5-6(2)3/h5H,4H2,1-3H3. The second-order valence-electron chi connectivity index (χ2n) is 2.04. The number of ketones is 1. The van der Waals surface area contributed by atoms with Gasteiger partial charge in [0.15, 0.2) is 5.78 Å². The Morgan fingerprint density at radius 1 is 1.50 bits per heavy atom. The van der Waals surface area contributed by atoms with E-state index in [1.165, 1.54) is 0 Å². The Morgan fingerprint density at radius 3 is 2.12 bits per heavy atom. The van der Waals surface area contributed by atoms with E-state index in [4.69, 9.17) is 0 Å². The van der Waals surface area contributed by atoms with Gasteiger partial charge in [-0.15, -0.1) is 0 Å². The molecule has 0 aliphatic carbocycles. The summed E-state index contributed by atoms with van der Waals surface area (Å²) in [7, 11) is 0. The van der Waals surface area contributed by atoms with Crippen LogP contribution in [0.25, 0.3) is 0 Å². The molecule has 0 aromatic rings. The zero-order valence-corrected chi connectivity index (χ0v) is 5.69. The lowest BCUT2D eigenvalue weighted by Gasteiger charge is -1.85. The van der Waals surface area contributed by atoms with Crippen molar-refractivity contribution in [2.24, 2.45) is 0 Å². The molecule has 0 aromatic carbocycles. The van der Waals surface area contributed by atoms with Gasteiger partial charge < -0.3 is 0 Å². The molecule has 0 bridgehead atoms. The quantitative estimate of drug-likeness (QED) is 0.499. The highest BCUT2D eigenvalue weighted by molar-refractivity contribution is 5.89. The van der Waals surface area contributed by atoms with Crippen molar-refractivity contribution in [1.29, 1.82) is 0 Å². The van der Waals surface area contributed by atoms with Crippen LogP contribution >= 0.6 is 0 Å². The lowest BCUT2D eigenvalue weighted by Crippen LogP contribution is -1.87. The normalized spacial score (nSPS) is 8.38. The van der Waals surface area contributed by atoms with Crippen molar-refractivity contribution < 1.29 is 4.79 Å². The monoisotopic (exact) mass is 112 g/mol. The van der Waals surface area contributed by atoms with E-state index in [0.29, 0.717) is 6.42 Å². The Labute approximate surface area is 50.4 Å². The fourth-order valence-corrected chi connectivity index (χ4v) is 0.424. The average molecular weight is 112 g/mol. The van der Waals surface area contributed by atoms with Crippen LogP contribution in [0.2, 0.25) is 0 Å². The molecule has 0 aliphatic rings. The van der Waals surface area contributed by atoms with Crippen LogP contribution in [0.4, 0.5) is 0 Å². The predicted molar refractivity (Wildman–Crippen MR) is 34.7 cm³/mol. The molecule has 0 atom stereocenters. The van der Waals surface area contributed by atoms with Gasteiger partial charge in [0.05, 0.1) is 0 Å². The Hall–Kier alpha value is -0.590. The fourth-order valence-electron chi connectivity index (χ4n) is 0.424. The maximum absolute atomic E-state index is 10.5. The highest BCUT2D eigenvalue weighted by atomic mass is 16.1. The minimum atomic E-state index is 0.213. The van der Waals surface area contributed by atoms with Gasteiger partial charge in [-0.3, -0.25) is 4.79 Å². The van der Waals surface area contributed by atoms with E-state index >= 15 is 0 Å². The highest BCUT2D eigenvalue weighted by Gasteiger charge is 1.88. The van der Waals surface area contributed by atoms with E-state index in [2.05, 4.69) is 0 Å². The Balaban J connectivity index is 3.70. The first-order valence-electron chi connectivity index (χ1n) is 2.84. The third kappa shape index (κ3) is 3.59. The minimum Gasteiger partial charge on any atom is -0.295 e.